The summed E-state index contributed by atoms with van der Waals surface area (Å²) in [6.07, 6.45) is 4.90. The van der Waals surface area contributed by atoms with E-state index in [1.807, 2.05) is 36.3 Å². The smallest absolute Gasteiger partial charge is 0.0534 e. The molecule has 0 aliphatic carbocycles. The summed E-state index contributed by atoms with van der Waals surface area (Å²) < 4.78 is 2.92. The predicted molar refractivity (Wildman–Crippen MR) is 85.2 cm³/mol. The molecule has 0 bridgehead atoms. The van der Waals surface area contributed by atoms with Crippen molar-refractivity contribution in [3.8, 4) is 0 Å². The first-order valence-electron chi connectivity index (χ1n) is 6.71. The van der Waals surface area contributed by atoms with Gasteiger partial charge in [-0.3, -0.25) is 4.68 Å². The highest BCUT2D eigenvalue weighted by molar-refractivity contribution is 9.10. The minimum atomic E-state index is 0.0828. The normalized spacial score (nSPS) is 12.8. The zero-order valence-electron chi connectivity index (χ0n) is 12.0. The molecule has 1 aromatic carbocycles. The van der Waals surface area contributed by atoms with Crippen molar-refractivity contribution in [1.82, 2.24) is 14.7 Å². The second-order valence-electron chi connectivity index (χ2n) is 5.21. The Balaban J connectivity index is 1.80. The lowest BCUT2D eigenvalue weighted by Crippen LogP contribution is -2.23. The average Bonchev–Trinajstić information content (AvgIpc) is 2.82. The number of benzene rings is 1. The van der Waals surface area contributed by atoms with Crippen molar-refractivity contribution in [2.24, 2.45) is 12.8 Å². The molecule has 0 radical (unpaired) electrons. The Morgan fingerprint density at radius 2 is 2.05 bits per heavy atom. The zero-order chi connectivity index (χ0) is 14.5. The number of halogens is 1. The van der Waals surface area contributed by atoms with Crippen LogP contribution in [0.5, 0.6) is 0 Å². The lowest BCUT2D eigenvalue weighted by Gasteiger charge is -2.19. The van der Waals surface area contributed by atoms with Gasteiger partial charge in [-0.25, -0.2) is 0 Å². The van der Waals surface area contributed by atoms with E-state index in [9.17, 15) is 0 Å². The molecule has 4 nitrogen and oxygen atoms in total. The van der Waals surface area contributed by atoms with Gasteiger partial charge in [0.1, 0.15) is 0 Å². The molecule has 0 amide bonds. The summed E-state index contributed by atoms with van der Waals surface area (Å²) in [7, 11) is 4.05. The van der Waals surface area contributed by atoms with Crippen LogP contribution in [0.1, 0.15) is 23.6 Å². The van der Waals surface area contributed by atoms with Crippen LogP contribution >= 0.6 is 15.9 Å². The van der Waals surface area contributed by atoms with E-state index < -0.39 is 0 Å². The van der Waals surface area contributed by atoms with Crippen molar-refractivity contribution in [3.63, 3.8) is 0 Å². The molecule has 0 saturated carbocycles. The van der Waals surface area contributed by atoms with Crippen LogP contribution in [0.15, 0.2) is 41.1 Å². The lowest BCUT2D eigenvalue weighted by atomic mass is 10.0. The largest absolute Gasteiger partial charge is 0.324 e. The highest BCUT2D eigenvalue weighted by Crippen LogP contribution is 2.18. The Morgan fingerprint density at radius 1 is 1.35 bits per heavy atom. The van der Waals surface area contributed by atoms with Crippen molar-refractivity contribution in [1.29, 1.82) is 0 Å². The fourth-order valence-corrected chi connectivity index (χ4v) is 2.44. The van der Waals surface area contributed by atoms with Gasteiger partial charge >= 0.3 is 0 Å². The first kappa shape index (κ1) is 15.2. The molecule has 5 heteroatoms. The van der Waals surface area contributed by atoms with Gasteiger partial charge in [0.25, 0.3) is 0 Å². The van der Waals surface area contributed by atoms with E-state index in [1.165, 1.54) is 11.1 Å². The lowest BCUT2D eigenvalue weighted by molar-refractivity contribution is 0.311. The molecule has 2 N–H and O–H groups in total. The quantitative estimate of drug-likeness (QED) is 0.882. The topological polar surface area (TPSA) is 47.1 Å². The van der Waals surface area contributed by atoms with Crippen molar-refractivity contribution < 1.29 is 0 Å². The number of hydrogen-bond acceptors (Lipinski definition) is 3. The fourth-order valence-electron chi connectivity index (χ4n) is 2.18. The van der Waals surface area contributed by atoms with Crippen LogP contribution in [-0.4, -0.2) is 28.3 Å². The monoisotopic (exact) mass is 336 g/mol. The van der Waals surface area contributed by atoms with E-state index in [1.54, 1.807) is 0 Å². The molecule has 20 heavy (non-hydrogen) atoms. The second kappa shape index (κ2) is 7.02. The number of hydrogen-bond donors (Lipinski definition) is 1. The molecule has 0 aliphatic heterocycles. The number of aryl methyl sites for hydroxylation is 1. The molecular weight excluding hydrogens is 316 g/mol. The summed E-state index contributed by atoms with van der Waals surface area (Å²) in [5.41, 5.74) is 8.64. The standard InChI is InChI=1S/C15H21BrN4/c1-19(10-12-9-18-20(2)11-12)8-7-15(17)13-3-5-14(16)6-4-13/h3-6,9,11,15H,7-8,10,17H2,1-2H3. The van der Waals surface area contributed by atoms with Gasteiger partial charge in [0.15, 0.2) is 0 Å². The summed E-state index contributed by atoms with van der Waals surface area (Å²) in [6.45, 7) is 1.87. The van der Waals surface area contributed by atoms with Gasteiger partial charge in [-0.15, -0.1) is 0 Å². The van der Waals surface area contributed by atoms with Crippen molar-refractivity contribution in [2.75, 3.05) is 13.6 Å². The van der Waals surface area contributed by atoms with Crippen LogP contribution < -0.4 is 5.73 Å². The molecule has 2 aromatic rings. The van der Waals surface area contributed by atoms with Gasteiger partial charge in [-0.05, 0) is 37.7 Å². The molecule has 1 unspecified atom stereocenters. The third-order valence-electron chi connectivity index (χ3n) is 3.33. The number of rotatable bonds is 6. The van der Waals surface area contributed by atoms with Crippen LogP contribution in [0.3, 0.4) is 0 Å². The number of aromatic nitrogens is 2. The maximum atomic E-state index is 6.23. The Bertz CT molecular complexity index is 535. The molecule has 0 fully saturated rings. The fraction of sp³-hybridized carbons (Fsp3) is 0.400. The van der Waals surface area contributed by atoms with Crippen LogP contribution in [0.4, 0.5) is 0 Å². The van der Waals surface area contributed by atoms with Crippen LogP contribution in [0, 0.1) is 0 Å². The van der Waals surface area contributed by atoms with Crippen molar-refractivity contribution in [2.45, 2.75) is 19.0 Å². The van der Waals surface area contributed by atoms with Gasteiger partial charge < -0.3 is 10.6 Å². The molecule has 0 spiro atoms. The van der Waals surface area contributed by atoms with Gasteiger partial charge in [0.05, 0.1) is 6.20 Å². The Kier molecular flexibility index (Phi) is 5.34. The Morgan fingerprint density at radius 3 is 2.65 bits per heavy atom. The molecule has 1 aromatic heterocycles. The van der Waals surface area contributed by atoms with E-state index in [2.05, 4.69) is 45.1 Å². The molecule has 0 saturated heterocycles. The first-order chi connectivity index (χ1) is 9.54. The Labute approximate surface area is 128 Å². The highest BCUT2D eigenvalue weighted by Gasteiger charge is 2.08. The maximum absolute atomic E-state index is 6.23. The van der Waals surface area contributed by atoms with Gasteiger partial charge in [-0.1, -0.05) is 28.1 Å². The number of nitrogens with zero attached hydrogens (tertiary/aromatic N) is 3. The Hall–Kier alpha value is -1.17. The summed E-state index contributed by atoms with van der Waals surface area (Å²) in [6, 6.07) is 8.31. The van der Waals surface area contributed by atoms with E-state index >= 15 is 0 Å². The summed E-state index contributed by atoms with van der Waals surface area (Å²) in [4.78, 5) is 2.27. The third-order valence-corrected chi connectivity index (χ3v) is 3.86. The summed E-state index contributed by atoms with van der Waals surface area (Å²) >= 11 is 3.44. The van der Waals surface area contributed by atoms with E-state index in [4.69, 9.17) is 5.73 Å². The average molecular weight is 337 g/mol. The van der Waals surface area contributed by atoms with E-state index in [0.29, 0.717) is 0 Å². The van der Waals surface area contributed by atoms with Crippen LogP contribution in [0.25, 0.3) is 0 Å². The molecular formula is C15H21BrN4. The van der Waals surface area contributed by atoms with Crippen LogP contribution in [-0.2, 0) is 13.6 Å². The van der Waals surface area contributed by atoms with Crippen LogP contribution in [0.2, 0.25) is 0 Å². The first-order valence-corrected chi connectivity index (χ1v) is 7.51. The van der Waals surface area contributed by atoms with E-state index in [0.717, 1.165) is 24.0 Å². The van der Waals surface area contributed by atoms with Gasteiger partial charge in [-0.2, -0.15) is 5.10 Å². The maximum Gasteiger partial charge on any atom is 0.0534 e. The summed E-state index contributed by atoms with van der Waals surface area (Å²) in [5.74, 6) is 0. The molecule has 1 heterocycles. The predicted octanol–water partition coefficient (Wildman–Crippen LogP) is 2.70. The van der Waals surface area contributed by atoms with Gasteiger partial charge in [0, 0.05) is 35.9 Å². The molecule has 1 atom stereocenters. The minimum Gasteiger partial charge on any atom is -0.324 e. The molecule has 0 aliphatic rings. The third kappa shape index (κ3) is 4.44. The van der Waals surface area contributed by atoms with Crippen molar-refractivity contribution >= 4 is 15.9 Å². The van der Waals surface area contributed by atoms with E-state index in [-0.39, 0.29) is 6.04 Å². The summed E-state index contributed by atoms with van der Waals surface area (Å²) in [5, 5.41) is 4.18. The van der Waals surface area contributed by atoms with Gasteiger partial charge in [0.2, 0.25) is 0 Å². The molecule has 2 rings (SSSR count). The highest BCUT2D eigenvalue weighted by atomic mass is 79.9. The van der Waals surface area contributed by atoms with Crippen molar-refractivity contribution in [3.05, 3.63) is 52.3 Å². The SMILES string of the molecule is CN(CCC(N)c1ccc(Br)cc1)Cc1cnn(C)c1. The minimum absolute atomic E-state index is 0.0828. The zero-order valence-corrected chi connectivity index (χ0v) is 13.5. The number of nitrogens with two attached hydrogens (primary N) is 1. The second-order valence-corrected chi connectivity index (χ2v) is 6.12. The molecule has 108 valence electrons.